The first-order valence-electron chi connectivity index (χ1n) is 4.33. The minimum atomic E-state index is 0.496. The van der Waals surface area contributed by atoms with Crippen molar-refractivity contribution in [2.75, 3.05) is 6.54 Å². The molecule has 0 aliphatic carbocycles. The highest BCUT2D eigenvalue weighted by Crippen LogP contribution is 2.28. The number of hydrogen-bond acceptors (Lipinski definition) is 2. The fourth-order valence-electron chi connectivity index (χ4n) is 1.74. The Kier molecular flexibility index (Phi) is 2.49. The molecule has 2 N–H and O–H groups in total. The number of rotatable bonds is 1. The molecule has 0 saturated carbocycles. The molecule has 1 atom stereocenters. The molecule has 72 valence electrons. The van der Waals surface area contributed by atoms with Gasteiger partial charge in [0.05, 0.1) is 5.69 Å². The van der Waals surface area contributed by atoms with Crippen LogP contribution in [0.15, 0.2) is 0 Å². The normalized spacial score (nSPS) is 21.6. The Morgan fingerprint density at radius 3 is 3.00 bits per heavy atom. The van der Waals surface area contributed by atoms with E-state index >= 15 is 0 Å². The first-order chi connectivity index (χ1) is 6.22. The first kappa shape index (κ1) is 9.31. The number of hydrogen-bond donors (Lipinski definition) is 1. The first-order valence-corrected chi connectivity index (χ1v) is 5.08. The molecule has 2 heterocycles. The van der Waals surface area contributed by atoms with Crippen LogP contribution in [-0.2, 0) is 13.0 Å². The summed E-state index contributed by atoms with van der Waals surface area (Å²) >= 11 is 11.8. The van der Waals surface area contributed by atoms with Gasteiger partial charge in [0.2, 0.25) is 5.28 Å². The van der Waals surface area contributed by atoms with E-state index in [4.69, 9.17) is 28.9 Å². The van der Waals surface area contributed by atoms with Gasteiger partial charge in [-0.2, -0.15) is 0 Å². The Balaban J connectivity index is 2.33. The maximum absolute atomic E-state index is 5.93. The van der Waals surface area contributed by atoms with Crippen LogP contribution in [0.25, 0.3) is 0 Å². The molecule has 1 aliphatic rings. The molecule has 13 heavy (non-hydrogen) atoms. The SMILES string of the molecule is NCC1CCn2c(Cl)nc(Cl)c2C1. The summed E-state index contributed by atoms with van der Waals surface area (Å²) in [5.74, 6) is 0.526. The number of nitrogens with two attached hydrogens (primary N) is 1. The molecule has 0 amide bonds. The van der Waals surface area contributed by atoms with E-state index in [1.165, 1.54) is 0 Å². The van der Waals surface area contributed by atoms with Crippen LogP contribution in [0.5, 0.6) is 0 Å². The van der Waals surface area contributed by atoms with Crippen LogP contribution in [0, 0.1) is 5.92 Å². The average Bonchev–Trinajstić information content (AvgIpc) is 2.42. The highest BCUT2D eigenvalue weighted by molar-refractivity contribution is 6.32. The number of aromatic nitrogens is 2. The summed E-state index contributed by atoms with van der Waals surface area (Å²) in [6, 6.07) is 0. The van der Waals surface area contributed by atoms with Crippen molar-refractivity contribution < 1.29 is 0 Å². The van der Waals surface area contributed by atoms with Crippen molar-refractivity contribution in [3.05, 3.63) is 16.1 Å². The van der Waals surface area contributed by atoms with E-state index in [0.29, 0.717) is 22.9 Å². The van der Waals surface area contributed by atoms with Gasteiger partial charge in [-0.05, 0) is 36.9 Å². The summed E-state index contributed by atoms with van der Waals surface area (Å²) in [7, 11) is 0. The van der Waals surface area contributed by atoms with E-state index in [-0.39, 0.29) is 0 Å². The van der Waals surface area contributed by atoms with Crippen LogP contribution in [0.4, 0.5) is 0 Å². The molecule has 1 aromatic heterocycles. The predicted octanol–water partition coefficient (Wildman–Crippen LogP) is 1.71. The Bertz CT molecular complexity index is 321. The highest BCUT2D eigenvalue weighted by Gasteiger charge is 2.23. The van der Waals surface area contributed by atoms with Gasteiger partial charge >= 0.3 is 0 Å². The molecule has 1 aliphatic heterocycles. The summed E-state index contributed by atoms with van der Waals surface area (Å²) < 4.78 is 1.97. The van der Waals surface area contributed by atoms with E-state index in [9.17, 15) is 0 Å². The summed E-state index contributed by atoms with van der Waals surface area (Å²) in [6.45, 7) is 1.59. The van der Waals surface area contributed by atoms with E-state index in [2.05, 4.69) is 4.98 Å². The third-order valence-electron chi connectivity index (χ3n) is 2.55. The lowest BCUT2D eigenvalue weighted by molar-refractivity contribution is 0.397. The van der Waals surface area contributed by atoms with E-state index < -0.39 is 0 Å². The zero-order chi connectivity index (χ0) is 9.42. The van der Waals surface area contributed by atoms with Crippen molar-refractivity contribution in [3.63, 3.8) is 0 Å². The van der Waals surface area contributed by atoms with Gasteiger partial charge in [0.25, 0.3) is 0 Å². The molecule has 1 aromatic rings. The minimum absolute atomic E-state index is 0.496. The van der Waals surface area contributed by atoms with Gasteiger partial charge < -0.3 is 10.3 Å². The predicted molar refractivity (Wildman–Crippen MR) is 53.1 cm³/mol. The van der Waals surface area contributed by atoms with Crippen molar-refractivity contribution in [2.45, 2.75) is 19.4 Å². The fraction of sp³-hybridized carbons (Fsp3) is 0.625. The van der Waals surface area contributed by atoms with Gasteiger partial charge in [-0.25, -0.2) is 4.98 Å². The minimum Gasteiger partial charge on any atom is -0.330 e. The number of halogens is 2. The lowest BCUT2D eigenvalue weighted by atomic mass is 9.97. The molecule has 2 rings (SSSR count). The second-order valence-electron chi connectivity index (χ2n) is 3.36. The summed E-state index contributed by atoms with van der Waals surface area (Å²) in [6.07, 6.45) is 1.96. The van der Waals surface area contributed by atoms with Crippen molar-refractivity contribution in [2.24, 2.45) is 11.7 Å². The topological polar surface area (TPSA) is 43.8 Å². The monoisotopic (exact) mass is 219 g/mol. The van der Waals surface area contributed by atoms with E-state index in [0.717, 1.165) is 25.1 Å². The van der Waals surface area contributed by atoms with Gasteiger partial charge in [0.15, 0.2) is 5.15 Å². The summed E-state index contributed by atoms with van der Waals surface area (Å²) in [5, 5.41) is 1.03. The average molecular weight is 220 g/mol. The third-order valence-corrected chi connectivity index (χ3v) is 3.14. The van der Waals surface area contributed by atoms with Gasteiger partial charge in [-0.1, -0.05) is 11.6 Å². The molecule has 1 unspecified atom stereocenters. The molecule has 0 saturated heterocycles. The zero-order valence-corrected chi connectivity index (χ0v) is 8.65. The maximum atomic E-state index is 5.93. The second-order valence-corrected chi connectivity index (χ2v) is 4.06. The molecule has 0 fully saturated rings. The van der Waals surface area contributed by atoms with Gasteiger partial charge in [-0.15, -0.1) is 0 Å². The molecule has 0 spiro atoms. The van der Waals surface area contributed by atoms with E-state index in [1.807, 2.05) is 4.57 Å². The smallest absolute Gasteiger partial charge is 0.204 e. The van der Waals surface area contributed by atoms with Crippen LogP contribution in [-0.4, -0.2) is 16.1 Å². The Morgan fingerprint density at radius 1 is 1.54 bits per heavy atom. The number of fused-ring (bicyclic) bond motifs is 1. The van der Waals surface area contributed by atoms with Crippen LogP contribution >= 0.6 is 23.2 Å². The summed E-state index contributed by atoms with van der Waals surface area (Å²) in [4.78, 5) is 4.01. The molecule has 5 heteroatoms. The molecule has 0 bridgehead atoms. The van der Waals surface area contributed by atoms with Crippen molar-refractivity contribution in [1.29, 1.82) is 0 Å². The fourth-order valence-corrected chi connectivity index (χ4v) is 2.31. The molecular formula is C8H11Cl2N3. The number of nitrogens with zero attached hydrogens (tertiary/aromatic N) is 2. The van der Waals surface area contributed by atoms with Crippen molar-refractivity contribution in [3.8, 4) is 0 Å². The van der Waals surface area contributed by atoms with Crippen LogP contribution in [0.3, 0.4) is 0 Å². The summed E-state index contributed by atoms with van der Waals surface area (Å²) in [5.41, 5.74) is 6.65. The maximum Gasteiger partial charge on any atom is 0.204 e. The van der Waals surface area contributed by atoms with Crippen LogP contribution in [0.1, 0.15) is 12.1 Å². The van der Waals surface area contributed by atoms with Crippen molar-refractivity contribution in [1.82, 2.24) is 9.55 Å². The van der Waals surface area contributed by atoms with Gasteiger partial charge in [0, 0.05) is 6.54 Å². The lowest BCUT2D eigenvalue weighted by Gasteiger charge is -2.22. The Hall–Kier alpha value is -0.250. The highest BCUT2D eigenvalue weighted by atomic mass is 35.5. The second kappa shape index (κ2) is 3.48. The third kappa shape index (κ3) is 1.56. The molecule has 0 radical (unpaired) electrons. The molecule has 0 aromatic carbocycles. The van der Waals surface area contributed by atoms with Gasteiger partial charge in [0.1, 0.15) is 0 Å². The Labute approximate surface area is 86.8 Å². The van der Waals surface area contributed by atoms with E-state index in [1.54, 1.807) is 0 Å². The van der Waals surface area contributed by atoms with Crippen LogP contribution < -0.4 is 5.73 Å². The van der Waals surface area contributed by atoms with Crippen LogP contribution in [0.2, 0.25) is 10.4 Å². The number of imidazole rings is 1. The quantitative estimate of drug-likeness (QED) is 0.782. The standard InChI is InChI=1S/C8H11Cl2N3/c9-7-6-3-5(4-11)1-2-13(6)8(10)12-7/h5H,1-4,11H2. The van der Waals surface area contributed by atoms with Gasteiger partial charge in [-0.3, -0.25) is 0 Å². The lowest BCUT2D eigenvalue weighted by Crippen LogP contribution is -2.25. The van der Waals surface area contributed by atoms with Crippen molar-refractivity contribution >= 4 is 23.2 Å². The molecular weight excluding hydrogens is 209 g/mol. The Morgan fingerprint density at radius 2 is 2.31 bits per heavy atom. The largest absolute Gasteiger partial charge is 0.330 e. The molecule has 3 nitrogen and oxygen atoms in total. The zero-order valence-electron chi connectivity index (χ0n) is 7.13.